The summed E-state index contributed by atoms with van der Waals surface area (Å²) < 4.78 is 15.0. The number of non-ortho nitro benzene ring substituents is 1. The summed E-state index contributed by atoms with van der Waals surface area (Å²) in [5.74, 6) is 0.0611. The molecule has 0 saturated heterocycles. The molecule has 0 fully saturated rings. The van der Waals surface area contributed by atoms with Crippen molar-refractivity contribution in [3.8, 4) is 11.4 Å². The quantitative estimate of drug-likeness (QED) is 0.173. The van der Waals surface area contributed by atoms with E-state index in [2.05, 4.69) is 20.9 Å². The van der Waals surface area contributed by atoms with E-state index >= 15 is 0 Å². The summed E-state index contributed by atoms with van der Waals surface area (Å²) in [7, 11) is 1.56. The van der Waals surface area contributed by atoms with Gasteiger partial charge in [-0.1, -0.05) is 23.5 Å². The second-order valence-electron chi connectivity index (χ2n) is 8.78. The van der Waals surface area contributed by atoms with Gasteiger partial charge in [0.25, 0.3) is 11.2 Å². The Hall–Kier alpha value is -4.29. The fraction of sp³-hybridized carbons (Fsp3) is 0.179. The third-order valence-corrected chi connectivity index (χ3v) is 7.99. The number of benzene rings is 2. The van der Waals surface area contributed by atoms with Crippen LogP contribution in [-0.4, -0.2) is 33.7 Å². The van der Waals surface area contributed by atoms with Gasteiger partial charge in [0.2, 0.25) is 0 Å². The van der Waals surface area contributed by atoms with Gasteiger partial charge in [-0.25, -0.2) is 9.79 Å². The molecule has 0 unspecified atom stereocenters. The molecule has 0 spiro atoms. The maximum absolute atomic E-state index is 13.9. The van der Waals surface area contributed by atoms with Crippen LogP contribution in [0.3, 0.4) is 0 Å². The first kappa shape index (κ1) is 27.3. The highest BCUT2D eigenvalue weighted by atomic mass is 79.9. The standard InChI is InChI=1S/C28H23BrN4O6S/c1-4-39-27(35)24-16(2)30-28-32(25(24)17-10-11-22(38-3)21(29)13-17)26(34)23(40-28)15-19-9-6-12-31(19)18-7-5-8-20(14-18)33(36)37/h5-15,25H,4H2,1-3H3/b23-15+/t25-/m1/s1. The van der Waals surface area contributed by atoms with Crippen molar-refractivity contribution in [2.24, 2.45) is 4.99 Å². The molecule has 4 aromatic rings. The molecule has 2 aromatic heterocycles. The summed E-state index contributed by atoms with van der Waals surface area (Å²) in [5.41, 5.74) is 2.28. The first-order valence-corrected chi connectivity index (χ1v) is 13.8. The fourth-order valence-corrected chi connectivity index (χ4v) is 6.19. The molecule has 0 aliphatic carbocycles. The van der Waals surface area contributed by atoms with Crippen LogP contribution in [-0.2, 0) is 9.53 Å². The zero-order chi connectivity index (χ0) is 28.6. The molecule has 1 aliphatic rings. The molecule has 1 atom stereocenters. The molecule has 204 valence electrons. The van der Waals surface area contributed by atoms with Gasteiger partial charge in [0, 0.05) is 24.0 Å². The van der Waals surface area contributed by atoms with Crippen LogP contribution in [0.5, 0.6) is 5.75 Å². The molecule has 1 aliphatic heterocycles. The summed E-state index contributed by atoms with van der Waals surface area (Å²) in [6.07, 6.45) is 3.48. The number of carbonyl (C=O) groups excluding carboxylic acids is 1. The van der Waals surface area contributed by atoms with Gasteiger partial charge in [-0.2, -0.15) is 0 Å². The summed E-state index contributed by atoms with van der Waals surface area (Å²) in [5, 5.41) is 11.3. The van der Waals surface area contributed by atoms with Gasteiger partial charge in [0.1, 0.15) is 5.75 Å². The van der Waals surface area contributed by atoms with Crippen LogP contribution >= 0.6 is 27.3 Å². The molecule has 0 saturated carbocycles. The first-order valence-electron chi connectivity index (χ1n) is 12.2. The van der Waals surface area contributed by atoms with E-state index < -0.39 is 16.9 Å². The van der Waals surface area contributed by atoms with Gasteiger partial charge in [0.15, 0.2) is 4.80 Å². The summed E-state index contributed by atoms with van der Waals surface area (Å²) in [4.78, 5) is 42.9. The summed E-state index contributed by atoms with van der Waals surface area (Å²) in [6, 6.07) is 14.5. The minimum absolute atomic E-state index is 0.0378. The average molecular weight is 623 g/mol. The minimum atomic E-state index is -0.775. The summed E-state index contributed by atoms with van der Waals surface area (Å²) >= 11 is 4.71. The van der Waals surface area contributed by atoms with Crippen LogP contribution in [0.2, 0.25) is 0 Å². The molecule has 0 bridgehead atoms. The Morgan fingerprint density at radius 3 is 2.73 bits per heavy atom. The Morgan fingerprint density at radius 1 is 1.23 bits per heavy atom. The number of thiazole rings is 1. The van der Waals surface area contributed by atoms with Crippen molar-refractivity contribution in [2.75, 3.05) is 13.7 Å². The van der Waals surface area contributed by atoms with E-state index in [-0.39, 0.29) is 23.4 Å². The molecule has 10 nitrogen and oxygen atoms in total. The number of ether oxygens (including phenoxy) is 2. The molecule has 12 heteroatoms. The molecule has 0 amide bonds. The predicted molar refractivity (Wildman–Crippen MR) is 154 cm³/mol. The van der Waals surface area contributed by atoms with Crippen LogP contribution in [0.4, 0.5) is 5.69 Å². The average Bonchev–Trinajstić information content (AvgIpc) is 3.52. The molecule has 5 rings (SSSR count). The first-order chi connectivity index (χ1) is 19.2. The normalized spacial score (nSPS) is 15.0. The third kappa shape index (κ3) is 4.91. The molecule has 2 aromatic carbocycles. The number of hydrogen-bond donors (Lipinski definition) is 0. The lowest BCUT2D eigenvalue weighted by Gasteiger charge is -2.25. The largest absolute Gasteiger partial charge is 0.496 e. The van der Waals surface area contributed by atoms with Crippen molar-refractivity contribution in [1.29, 1.82) is 0 Å². The van der Waals surface area contributed by atoms with Crippen LogP contribution in [0, 0.1) is 10.1 Å². The van der Waals surface area contributed by atoms with Crippen molar-refractivity contribution in [3.63, 3.8) is 0 Å². The zero-order valence-corrected chi connectivity index (χ0v) is 24.1. The van der Waals surface area contributed by atoms with Gasteiger partial charge < -0.3 is 14.0 Å². The Bertz CT molecular complexity index is 1870. The van der Waals surface area contributed by atoms with Crippen molar-refractivity contribution in [3.05, 3.63) is 118 Å². The maximum Gasteiger partial charge on any atom is 0.338 e. The predicted octanol–water partition coefficient (Wildman–Crippen LogP) is 4.27. The molecule has 40 heavy (non-hydrogen) atoms. The lowest BCUT2D eigenvalue weighted by atomic mass is 9.96. The van der Waals surface area contributed by atoms with Crippen LogP contribution in [0.1, 0.15) is 31.1 Å². The van der Waals surface area contributed by atoms with E-state index in [1.807, 2.05) is 12.1 Å². The Labute approximate surface area is 240 Å². The number of nitro benzene ring substituents is 1. The Balaban J connectivity index is 1.69. The maximum atomic E-state index is 13.9. The number of nitro groups is 1. The number of halogens is 1. The van der Waals surface area contributed by atoms with Gasteiger partial charge in [0.05, 0.1) is 50.6 Å². The third-order valence-electron chi connectivity index (χ3n) is 6.39. The van der Waals surface area contributed by atoms with E-state index in [0.29, 0.717) is 42.2 Å². The fourth-order valence-electron chi connectivity index (χ4n) is 4.60. The second-order valence-corrected chi connectivity index (χ2v) is 10.6. The Morgan fingerprint density at radius 2 is 2.02 bits per heavy atom. The van der Waals surface area contributed by atoms with Crippen molar-refractivity contribution >= 4 is 45.0 Å². The minimum Gasteiger partial charge on any atom is -0.496 e. The summed E-state index contributed by atoms with van der Waals surface area (Å²) in [6.45, 7) is 3.62. The number of allylic oxidation sites excluding steroid dienone is 1. The van der Waals surface area contributed by atoms with Gasteiger partial charge in [-0.15, -0.1) is 0 Å². The van der Waals surface area contributed by atoms with Crippen molar-refractivity contribution in [2.45, 2.75) is 19.9 Å². The SMILES string of the molecule is CCOC(=O)C1=C(C)N=c2s/c(=C/c3cccn3-c3cccc([N+](=O)[O-])c3)c(=O)n2[C@@H]1c1ccc(OC)c(Br)c1. The highest BCUT2D eigenvalue weighted by Gasteiger charge is 2.33. The van der Waals surface area contributed by atoms with Gasteiger partial charge >= 0.3 is 5.97 Å². The second kappa shape index (κ2) is 11.1. The number of fused-ring (bicyclic) bond motifs is 1. The topological polar surface area (TPSA) is 118 Å². The van der Waals surface area contributed by atoms with E-state index in [4.69, 9.17) is 9.47 Å². The molecule has 3 heterocycles. The number of aromatic nitrogens is 2. The molecular formula is C28H23BrN4O6S. The monoisotopic (exact) mass is 622 g/mol. The highest BCUT2D eigenvalue weighted by Crippen LogP contribution is 2.35. The lowest BCUT2D eigenvalue weighted by molar-refractivity contribution is -0.384. The Kier molecular flexibility index (Phi) is 7.55. The van der Waals surface area contributed by atoms with Crippen LogP contribution in [0.25, 0.3) is 11.8 Å². The zero-order valence-electron chi connectivity index (χ0n) is 21.7. The van der Waals surface area contributed by atoms with E-state index in [1.165, 1.54) is 28.0 Å². The lowest BCUT2D eigenvalue weighted by Crippen LogP contribution is -2.40. The number of rotatable bonds is 7. The molecule has 0 radical (unpaired) electrons. The molecule has 0 N–H and O–H groups in total. The number of nitrogens with zero attached hydrogens (tertiary/aromatic N) is 4. The molecular weight excluding hydrogens is 600 g/mol. The number of hydrogen-bond acceptors (Lipinski definition) is 8. The van der Waals surface area contributed by atoms with E-state index in [0.717, 1.165) is 0 Å². The van der Waals surface area contributed by atoms with Gasteiger partial charge in [-0.05, 0) is 71.7 Å². The number of carbonyl (C=O) groups is 1. The van der Waals surface area contributed by atoms with Crippen molar-refractivity contribution in [1.82, 2.24) is 9.13 Å². The van der Waals surface area contributed by atoms with Crippen LogP contribution in [0.15, 0.2) is 86.3 Å². The number of esters is 1. The van der Waals surface area contributed by atoms with Crippen molar-refractivity contribution < 1.29 is 19.2 Å². The van der Waals surface area contributed by atoms with E-state index in [9.17, 15) is 19.7 Å². The highest BCUT2D eigenvalue weighted by molar-refractivity contribution is 9.10. The number of methoxy groups -OCH3 is 1. The van der Waals surface area contributed by atoms with E-state index in [1.54, 1.807) is 68.1 Å². The van der Waals surface area contributed by atoms with Crippen LogP contribution < -0.4 is 19.6 Å². The van der Waals surface area contributed by atoms with Gasteiger partial charge in [-0.3, -0.25) is 19.5 Å². The smallest absolute Gasteiger partial charge is 0.338 e.